The fourth-order valence-corrected chi connectivity index (χ4v) is 3.76. The minimum Gasteiger partial charge on any atom is -0.353 e. The van der Waals surface area contributed by atoms with Gasteiger partial charge in [-0.3, -0.25) is 10.1 Å². The first kappa shape index (κ1) is 13.4. The molecule has 1 aliphatic heterocycles. The van der Waals surface area contributed by atoms with E-state index in [1.165, 1.54) is 17.4 Å². The molecule has 1 aliphatic carbocycles. The smallest absolute Gasteiger partial charge is 0.321 e. The van der Waals surface area contributed by atoms with Gasteiger partial charge in [0.05, 0.1) is 16.2 Å². The van der Waals surface area contributed by atoms with Crippen molar-refractivity contribution in [2.45, 2.75) is 18.9 Å². The SMILES string of the molecule is O=C(Nc1nc2c(F)cccc2s1)NC1CNC(=O)C12CC2. The molecule has 22 heavy (non-hydrogen) atoms. The first-order valence-electron chi connectivity index (χ1n) is 6.99. The molecule has 0 radical (unpaired) electrons. The normalized spacial score (nSPS) is 21.9. The molecule has 3 amide bonds. The van der Waals surface area contributed by atoms with Crippen molar-refractivity contribution in [1.29, 1.82) is 0 Å². The molecule has 1 aromatic heterocycles. The Morgan fingerprint density at radius 1 is 1.45 bits per heavy atom. The molecule has 4 rings (SSSR count). The number of carbonyl (C=O) groups is 2. The van der Waals surface area contributed by atoms with Crippen LogP contribution in [0, 0.1) is 11.2 Å². The van der Waals surface area contributed by atoms with Crippen molar-refractivity contribution < 1.29 is 14.0 Å². The molecule has 2 heterocycles. The van der Waals surface area contributed by atoms with Crippen LogP contribution in [0.3, 0.4) is 0 Å². The summed E-state index contributed by atoms with van der Waals surface area (Å²) < 4.78 is 14.3. The minimum absolute atomic E-state index is 0.0138. The van der Waals surface area contributed by atoms with Gasteiger partial charge in [-0.2, -0.15) is 0 Å². The Bertz CT molecular complexity index is 786. The number of urea groups is 1. The van der Waals surface area contributed by atoms with Crippen LogP contribution < -0.4 is 16.0 Å². The summed E-state index contributed by atoms with van der Waals surface area (Å²) in [4.78, 5) is 27.9. The Hall–Kier alpha value is -2.22. The molecule has 3 N–H and O–H groups in total. The van der Waals surface area contributed by atoms with Crippen LogP contribution in [0.4, 0.5) is 14.3 Å². The summed E-state index contributed by atoms with van der Waals surface area (Å²) >= 11 is 1.21. The highest BCUT2D eigenvalue weighted by Crippen LogP contribution is 2.51. The van der Waals surface area contributed by atoms with Crippen molar-refractivity contribution in [3.63, 3.8) is 0 Å². The van der Waals surface area contributed by atoms with Crippen LogP contribution in [0.15, 0.2) is 18.2 Å². The maximum atomic E-state index is 13.6. The second kappa shape index (κ2) is 4.64. The number of fused-ring (bicyclic) bond motifs is 1. The van der Waals surface area contributed by atoms with Crippen LogP contribution in [0.1, 0.15) is 12.8 Å². The molecule has 1 saturated carbocycles. The summed E-state index contributed by atoms with van der Waals surface area (Å²) in [5.74, 6) is -0.399. The molecule has 1 spiro atoms. The average Bonchev–Trinajstić information content (AvgIpc) is 3.10. The topological polar surface area (TPSA) is 83.1 Å². The quantitative estimate of drug-likeness (QED) is 0.789. The van der Waals surface area contributed by atoms with Crippen LogP contribution in [-0.2, 0) is 4.79 Å². The van der Waals surface area contributed by atoms with Gasteiger partial charge in [0.2, 0.25) is 5.91 Å². The fourth-order valence-electron chi connectivity index (χ4n) is 2.88. The van der Waals surface area contributed by atoms with Gasteiger partial charge in [-0.15, -0.1) is 0 Å². The maximum Gasteiger partial charge on any atom is 0.321 e. The predicted molar refractivity (Wildman–Crippen MR) is 80.2 cm³/mol. The Labute approximate surface area is 129 Å². The molecule has 6 nitrogen and oxygen atoms in total. The fraction of sp³-hybridized carbons (Fsp3) is 0.357. The van der Waals surface area contributed by atoms with Crippen LogP contribution >= 0.6 is 11.3 Å². The molecule has 2 aliphatic rings. The van der Waals surface area contributed by atoms with Gasteiger partial charge >= 0.3 is 6.03 Å². The zero-order chi connectivity index (χ0) is 15.3. The summed E-state index contributed by atoms with van der Waals surface area (Å²) in [7, 11) is 0. The lowest BCUT2D eigenvalue weighted by Crippen LogP contribution is -2.43. The van der Waals surface area contributed by atoms with Gasteiger partial charge in [0.25, 0.3) is 0 Å². The second-order valence-electron chi connectivity index (χ2n) is 5.62. The van der Waals surface area contributed by atoms with Crippen LogP contribution in [0.5, 0.6) is 0 Å². The number of carbonyl (C=O) groups excluding carboxylic acids is 2. The van der Waals surface area contributed by atoms with Crippen molar-refractivity contribution in [2.24, 2.45) is 5.41 Å². The van der Waals surface area contributed by atoms with E-state index in [9.17, 15) is 14.0 Å². The van der Waals surface area contributed by atoms with E-state index < -0.39 is 17.3 Å². The van der Waals surface area contributed by atoms with E-state index in [1.54, 1.807) is 12.1 Å². The molecule has 114 valence electrons. The Morgan fingerprint density at radius 2 is 2.27 bits per heavy atom. The predicted octanol–water partition coefficient (Wildman–Crippen LogP) is 1.84. The second-order valence-corrected chi connectivity index (χ2v) is 6.65. The van der Waals surface area contributed by atoms with Gasteiger partial charge in [-0.1, -0.05) is 17.4 Å². The van der Waals surface area contributed by atoms with Crippen molar-refractivity contribution in [3.05, 3.63) is 24.0 Å². The number of halogens is 1. The molecule has 1 atom stereocenters. The highest BCUT2D eigenvalue weighted by Gasteiger charge is 2.59. The Balaban J connectivity index is 1.47. The first-order chi connectivity index (χ1) is 10.6. The lowest BCUT2D eigenvalue weighted by molar-refractivity contribution is -0.123. The Kier molecular flexibility index (Phi) is 2.83. The molecule has 1 saturated heterocycles. The number of nitrogens with zero attached hydrogens (tertiary/aromatic N) is 1. The van der Waals surface area contributed by atoms with Crippen LogP contribution in [-0.4, -0.2) is 29.5 Å². The molecule has 2 fully saturated rings. The summed E-state index contributed by atoms with van der Waals surface area (Å²) in [5, 5.41) is 8.54. The number of benzene rings is 1. The number of aromatic nitrogens is 1. The van der Waals surface area contributed by atoms with E-state index in [4.69, 9.17) is 0 Å². The van der Waals surface area contributed by atoms with Crippen LogP contribution in [0.25, 0.3) is 10.2 Å². The lowest BCUT2D eigenvalue weighted by Gasteiger charge is -2.16. The third-order valence-electron chi connectivity index (χ3n) is 4.27. The maximum absolute atomic E-state index is 13.6. The number of rotatable bonds is 2. The van der Waals surface area contributed by atoms with Gasteiger partial charge < -0.3 is 10.6 Å². The van der Waals surface area contributed by atoms with Crippen molar-refractivity contribution >= 4 is 38.6 Å². The number of hydrogen-bond acceptors (Lipinski definition) is 4. The summed E-state index contributed by atoms with van der Waals surface area (Å²) in [6.45, 7) is 0.445. The number of thiazole rings is 1. The van der Waals surface area contributed by atoms with Gasteiger partial charge in [0, 0.05) is 6.54 Å². The van der Waals surface area contributed by atoms with Gasteiger partial charge in [0.15, 0.2) is 5.13 Å². The average molecular weight is 320 g/mol. The van der Waals surface area contributed by atoms with E-state index in [0.29, 0.717) is 16.4 Å². The third kappa shape index (κ3) is 2.02. The third-order valence-corrected chi connectivity index (χ3v) is 5.21. The highest BCUT2D eigenvalue weighted by molar-refractivity contribution is 7.22. The molecular weight excluding hydrogens is 307 g/mol. The summed E-state index contributed by atoms with van der Waals surface area (Å²) in [6, 6.07) is 4.06. The zero-order valence-electron chi connectivity index (χ0n) is 11.5. The van der Waals surface area contributed by atoms with Gasteiger partial charge in [-0.25, -0.2) is 14.2 Å². The van der Waals surface area contributed by atoms with Crippen molar-refractivity contribution in [1.82, 2.24) is 15.6 Å². The number of amides is 3. The van der Waals surface area contributed by atoms with E-state index in [0.717, 1.165) is 12.8 Å². The largest absolute Gasteiger partial charge is 0.353 e. The van der Waals surface area contributed by atoms with E-state index >= 15 is 0 Å². The Morgan fingerprint density at radius 3 is 3.00 bits per heavy atom. The van der Waals surface area contributed by atoms with E-state index in [2.05, 4.69) is 20.9 Å². The highest BCUT2D eigenvalue weighted by atomic mass is 32.1. The zero-order valence-corrected chi connectivity index (χ0v) is 12.3. The van der Waals surface area contributed by atoms with Crippen molar-refractivity contribution in [3.8, 4) is 0 Å². The summed E-state index contributed by atoms with van der Waals surface area (Å²) in [5.41, 5.74) is -0.170. The monoisotopic (exact) mass is 320 g/mol. The molecular formula is C14H13FN4O2S. The molecule has 1 aromatic carbocycles. The lowest BCUT2D eigenvalue weighted by atomic mass is 10.0. The molecule has 0 bridgehead atoms. The van der Waals surface area contributed by atoms with E-state index in [-0.39, 0.29) is 17.5 Å². The first-order valence-corrected chi connectivity index (χ1v) is 7.81. The standard InChI is InChI=1S/C14H13FN4O2S/c15-7-2-1-3-8-10(7)18-13(22-8)19-12(21)17-9-6-16-11(20)14(9)4-5-14/h1-3,9H,4-6H2,(H,16,20)(H2,17,18,19,21). The molecule has 1 unspecified atom stereocenters. The van der Waals surface area contributed by atoms with E-state index in [1.807, 2.05) is 0 Å². The molecule has 8 heteroatoms. The van der Waals surface area contributed by atoms with Crippen molar-refractivity contribution in [2.75, 3.05) is 11.9 Å². The van der Waals surface area contributed by atoms with Gasteiger partial charge in [0.1, 0.15) is 11.3 Å². The summed E-state index contributed by atoms with van der Waals surface area (Å²) in [6.07, 6.45) is 1.60. The molecule has 2 aromatic rings. The van der Waals surface area contributed by atoms with Crippen LogP contribution in [0.2, 0.25) is 0 Å². The minimum atomic E-state index is -0.424. The number of para-hydroxylation sites is 1. The van der Waals surface area contributed by atoms with Gasteiger partial charge in [-0.05, 0) is 25.0 Å². The number of nitrogens with one attached hydrogen (secondary N) is 3. The number of hydrogen-bond donors (Lipinski definition) is 3. The number of anilines is 1.